The van der Waals surface area contributed by atoms with E-state index < -0.39 is 18.0 Å². The zero-order valence-corrected chi connectivity index (χ0v) is 28.6. The Morgan fingerprint density at radius 2 is 1.65 bits per heavy atom. The molecule has 1 saturated carbocycles. The summed E-state index contributed by atoms with van der Waals surface area (Å²) >= 11 is 0. The maximum atomic E-state index is 14.0. The maximum Gasteiger partial charge on any atom is 0.246 e. The number of hydrogen-bond donors (Lipinski definition) is 5. The summed E-state index contributed by atoms with van der Waals surface area (Å²) in [6, 6.07) is 10.9. The fraction of sp³-hybridized carbons (Fsp3) is 0.514. The van der Waals surface area contributed by atoms with Crippen LogP contribution in [0.3, 0.4) is 0 Å². The van der Waals surface area contributed by atoms with E-state index in [1.807, 2.05) is 12.1 Å². The minimum Gasteiger partial charge on any atom is -0.370 e. The van der Waals surface area contributed by atoms with Crippen molar-refractivity contribution < 1.29 is 18.8 Å². The van der Waals surface area contributed by atoms with Gasteiger partial charge in [-0.3, -0.25) is 24.3 Å². The Morgan fingerprint density at radius 3 is 2.35 bits per heavy atom. The van der Waals surface area contributed by atoms with E-state index in [1.54, 1.807) is 12.1 Å². The van der Waals surface area contributed by atoms with Crippen LogP contribution in [0.15, 0.2) is 53.7 Å². The van der Waals surface area contributed by atoms with Gasteiger partial charge in [-0.25, -0.2) is 4.39 Å². The number of aromatic nitrogens is 1. The maximum absolute atomic E-state index is 14.0. The average Bonchev–Trinajstić information content (AvgIpc) is 3.71. The molecule has 1 saturated heterocycles. The van der Waals surface area contributed by atoms with Gasteiger partial charge in [0, 0.05) is 43.8 Å². The van der Waals surface area contributed by atoms with Gasteiger partial charge in [-0.05, 0) is 86.5 Å². The number of fused-ring (bicyclic) bond motifs is 1. The summed E-state index contributed by atoms with van der Waals surface area (Å²) < 4.78 is 15.8. The van der Waals surface area contributed by atoms with Gasteiger partial charge in [0.1, 0.15) is 17.9 Å². The largest absolute Gasteiger partial charge is 0.370 e. The van der Waals surface area contributed by atoms with Crippen molar-refractivity contribution in [3.63, 3.8) is 0 Å². The van der Waals surface area contributed by atoms with Crippen LogP contribution < -0.4 is 27.4 Å². The lowest BCUT2D eigenvalue weighted by Gasteiger charge is -2.28. The van der Waals surface area contributed by atoms with Crippen LogP contribution in [0.5, 0.6) is 0 Å². The first-order valence-electron chi connectivity index (χ1n) is 17.7. The van der Waals surface area contributed by atoms with Crippen LogP contribution in [-0.2, 0) is 27.5 Å². The van der Waals surface area contributed by atoms with Crippen molar-refractivity contribution in [2.45, 2.75) is 96.3 Å². The standard InChI is InChI=1S/C37H51FN8O3/c1-25(47)42-32(10-7-17-41-37(39)40)35(48)44-33(20-26-8-3-2-4-9-26)36(49)43-30-15-16-31-28(23-45-18-5-6-19-45)24-46(34(31)21-30)22-27-11-13-29(38)14-12-27/h11-16,21,24,26,32-33H,2-10,17-20,22-23H2,1H3,(H,42,47)(H,43,49)(H,44,48)(H4,39,40,41)/t32-,33-/m0/s1. The number of rotatable bonds is 15. The average molecular weight is 675 g/mol. The number of carbonyl (C=O) groups excluding carboxylic acids is 3. The fourth-order valence-electron chi connectivity index (χ4n) is 7.18. The third kappa shape index (κ3) is 10.5. The van der Waals surface area contributed by atoms with Crippen molar-refractivity contribution in [2.75, 3.05) is 25.0 Å². The van der Waals surface area contributed by atoms with E-state index in [0.29, 0.717) is 44.0 Å². The molecule has 0 spiro atoms. The van der Waals surface area contributed by atoms with Crippen LogP contribution in [0.4, 0.5) is 10.1 Å². The van der Waals surface area contributed by atoms with Gasteiger partial charge >= 0.3 is 0 Å². The second-order valence-corrected chi connectivity index (χ2v) is 13.6. The number of amides is 3. The summed E-state index contributed by atoms with van der Waals surface area (Å²) in [7, 11) is 0. The summed E-state index contributed by atoms with van der Waals surface area (Å²) in [6.07, 6.45) is 11.3. The molecule has 2 heterocycles. The first-order valence-corrected chi connectivity index (χ1v) is 17.7. The molecule has 264 valence electrons. The van der Waals surface area contributed by atoms with E-state index in [2.05, 4.69) is 42.7 Å². The number of carbonyl (C=O) groups is 3. The van der Waals surface area contributed by atoms with Crippen LogP contribution in [0.2, 0.25) is 0 Å². The van der Waals surface area contributed by atoms with Gasteiger partial charge in [-0.1, -0.05) is 50.3 Å². The van der Waals surface area contributed by atoms with Gasteiger partial charge in [0.25, 0.3) is 0 Å². The lowest BCUT2D eigenvalue weighted by atomic mass is 9.84. The van der Waals surface area contributed by atoms with E-state index in [9.17, 15) is 18.8 Å². The highest BCUT2D eigenvalue weighted by Crippen LogP contribution is 2.30. The monoisotopic (exact) mass is 674 g/mol. The lowest BCUT2D eigenvalue weighted by Crippen LogP contribution is -2.53. The number of nitrogens with two attached hydrogens (primary N) is 2. The molecule has 0 unspecified atom stereocenters. The van der Waals surface area contributed by atoms with Crippen molar-refractivity contribution in [2.24, 2.45) is 22.4 Å². The van der Waals surface area contributed by atoms with Crippen LogP contribution in [-0.4, -0.2) is 64.9 Å². The number of likely N-dealkylation sites (tertiary alicyclic amines) is 1. The van der Waals surface area contributed by atoms with E-state index in [1.165, 1.54) is 43.9 Å². The lowest BCUT2D eigenvalue weighted by molar-refractivity contribution is -0.130. The van der Waals surface area contributed by atoms with Crippen LogP contribution in [0, 0.1) is 11.7 Å². The Labute approximate surface area is 288 Å². The first-order chi connectivity index (χ1) is 23.6. The Kier molecular flexibility index (Phi) is 12.6. The summed E-state index contributed by atoms with van der Waals surface area (Å²) in [5.41, 5.74) is 14.6. The van der Waals surface area contributed by atoms with Crippen molar-refractivity contribution >= 4 is 40.3 Å². The third-order valence-electron chi connectivity index (χ3n) is 9.66. The molecule has 12 heteroatoms. The van der Waals surface area contributed by atoms with Crippen molar-refractivity contribution in [1.82, 2.24) is 20.1 Å². The van der Waals surface area contributed by atoms with Crippen LogP contribution in [0.1, 0.15) is 82.3 Å². The predicted octanol–water partition coefficient (Wildman–Crippen LogP) is 4.38. The van der Waals surface area contributed by atoms with E-state index >= 15 is 0 Å². The molecule has 2 aliphatic rings. The summed E-state index contributed by atoms with van der Waals surface area (Å²) in [5.74, 6) is -1.04. The van der Waals surface area contributed by atoms with E-state index in [0.717, 1.165) is 61.8 Å². The zero-order valence-electron chi connectivity index (χ0n) is 28.6. The molecule has 3 amide bonds. The molecule has 3 aromatic rings. The summed E-state index contributed by atoms with van der Waals surface area (Å²) in [4.78, 5) is 45.9. The first kappa shape index (κ1) is 35.8. The molecule has 2 atom stereocenters. The molecule has 0 bridgehead atoms. The van der Waals surface area contributed by atoms with Gasteiger partial charge in [0.05, 0.1) is 5.52 Å². The summed E-state index contributed by atoms with van der Waals surface area (Å²) in [5, 5.41) is 9.90. The quantitative estimate of drug-likeness (QED) is 0.0915. The van der Waals surface area contributed by atoms with Gasteiger partial charge in [-0.15, -0.1) is 0 Å². The molecule has 1 aliphatic heterocycles. The van der Waals surface area contributed by atoms with Crippen molar-refractivity contribution in [3.8, 4) is 0 Å². The molecule has 11 nitrogen and oxygen atoms in total. The summed E-state index contributed by atoms with van der Waals surface area (Å²) in [6.45, 7) is 5.24. The van der Waals surface area contributed by atoms with Gasteiger partial charge in [0.2, 0.25) is 17.7 Å². The zero-order chi connectivity index (χ0) is 34.8. The van der Waals surface area contributed by atoms with E-state index in [4.69, 9.17) is 11.5 Å². The molecule has 1 aromatic heterocycles. The van der Waals surface area contributed by atoms with Gasteiger partial charge in [-0.2, -0.15) is 0 Å². The third-order valence-corrected chi connectivity index (χ3v) is 9.66. The highest BCUT2D eigenvalue weighted by Gasteiger charge is 2.29. The highest BCUT2D eigenvalue weighted by molar-refractivity contribution is 6.00. The SMILES string of the molecule is CC(=O)N[C@@H](CCCN=C(N)N)C(=O)N[C@@H](CC1CCCCC1)C(=O)Nc1ccc2c(CN3CCCC3)cn(Cc3ccc(F)cc3)c2c1. The van der Waals surface area contributed by atoms with Crippen molar-refractivity contribution in [1.29, 1.82) is 0 Å². The molecular weight excluding hydrogens is 623 g/mol. The van der Waals surface area contributed by atoms with Crippen LogP contribution >= 0.6 is 0 Å². The fourth-order valence-corrected chi connectivity index (χ4v) is 7.18. The number of benzene rings is 2. The number of hydrogen-bond acceptors (Lipinski definition) is 5. The molecule has 7 N–H and O–H groups in total. The number of guanidine groups is 1. The number of nitrogens with one attached hydrogen (secondary N) is 3. The second-order valence-electron chi connectivity index (χ2n) is 13.6. The molecule has 2 fully saturated rings. The number of aliphatic imine (C=N–C) groups is 1. The normalized spacial score (nSPS) is 16.6. The minimum absolute atomic E-state index is 0.0338. The second kappa shape index (κ2) is 17.3. The number of nitrogens with zero attached hydrogens (tertiary/aromatic N) is 3. The highest BCUT2D eigenvalue weighted by atomic mass is 19.1. The molecule has 1 aliphatic carbocycles. The Morgan fingerprint density at radius 1 is 0.918 bits per heavy atom. The molecular formula is C37H51FN8O3. The van der Waals surface area contributed by atoms with Crippen LogP contribution in [0.25, 0.3) is 10.9 Å². The topological polar surface area (TPSA) is 160 Å². The minimum atomic E-state index is -0.825. The van der Waals surface area contributed by atoms with Gasteiger partial charge < -0.3 is 32.0 Å². The van der Waals surface area contributed by atoms with E-state index in [-0.39, 0.29) is 23.6 Å². The predicted molar refractivity (Wildman–Crippen MR) is 191 cm³/mol. The molecule has 2 aromatic carbocycles. The Bertz CT molecular complexity index is 1610. The molecule has 5 rings (SSSR count). The van der Waals surface area contributed by atoms with Gasteiger partial charge in [0.15, 0.2) is 5.96 Å². The number of anilines is 1. The van der Waals surface area contributed by atoms with Crippen molar-refractivity contribution in [3.05, 3.63) is 65.6 Å². The Balaban J connectivity index is 1.37. The molecule has 49 heavy (non-hydrogen) atoms. The Hall–Kier alpha value is -4.45. The molecule has 0 radical (unpaired) electrons. The smallest absolute Gasteiger partial charge is 0.246 e. The number of halogens is 1.